The molecule has 0 amide bonds. The summed E-state index contributed by atoms with van der Waals surface area (Å²) in [6.45, 7) is 2.17. The number of aryl methyl sites for hydroxylation is 1. The van der Waals surface area contributed by atoms with Crippen LogP contribution in [-0.4, -0.2) is 0 Å². The number of rotatable bonds is 1. The molecular formula is C23H17OP. The lowest BCUT2D eigenvalue weighted by atomic mass is 10.0. The highest BCUT2D eigenvalue weighted by Gasteiger charge is 2.28. The van der Waals surface area contributed by atoms with E-state index in [9.17, 15) is 0 Å². The summed E-state index contributed by atoms with van der Waals surface area (Å²) >= 11 is 0. The van der Waals surface area contributed by atoms with Gasteiger partial charge in [-0.15, -0.1) is 0 Å². The molecule has 0 spiro atoms. The maximum atomic E-state index is 6.56. The number of para-hydroxylation sites is 1. The van der Waals surface area contributed by atoms with E-state index in [1.165, 1.54) is 38.1 Å². The minimum Gasteiger partial charge on any atom is -0.464 e. The normalized spacial score (nSPS) is 15.3. The summed E-state index contributed by atoms with van der Waals surface area (Å²) in [4.78, 5) is 0. The van der Waals surface area contributed by atoms with Crippen molar-refractivity contribution < 1.29 is 4.52 Å². The minimum atomic E-state index is -0.881. The topological polar surface area (TPSA) is 9.23 Å². The first-order valence-corrected chi connectivity index (χ1v) is 9.74. The third-order valence-electron chi connectivity index (χ3n) is 4.83. The van der Waals surface area contributed by atoms with Crippen LogP contribution < -0.4 is 15.1 Å². The first-order chi connectivity index (χ1) is 12.3. The second kappa shape index (κ2) is 5.72. The Morgan fingerprint density at radius 2 is 1.28 bits per heavy atom. The molecule has 0 saturated heterocycles. The lowest BCUT2D eigenvalue weighted by molar-refractivity contribution is 0.629. The van der Waals surface area contributed by atoms with Gasteiger partial charge in [0, 0.05) is 16.2 Å². The third-order valence-corrected chi connectivity index (χ3v) is 6.86. The maximum Gasteiger partial charge on any atom is 0.152 e. The fourth-order valence-electron chi connectivity index (χ4n) is 3.58. The maximum absolute atomic E-state index is 6.56. The van der Waals surface area contributed by atoms with Gasteiger partial charge in [0.1, 0.15) is 5.75 Å². The summed E-state index contributed by atoms with van der Waals surface area (Å²) < 4.78 is 6.56. The van der Waals surface area contributed by atoms with E-state index in [0.29, 0.717) is 0 Å². The molecular weight excluding hydrogens is 323 g/mol. The Kier molecular flexibility index (Phi) is 3.36. The Morgan fingerprint density at radius 3 is 2.16 bits per heavy atom. The van der Waals surface area contributed by atoms with Gasteiger partial charge in [0.2, 0.25) is 0 Å². The molecule has 0 N–H and O–H groups in total. The number of fused-ring (bicyclic) bond motifs is 4. The van der Waals surface area contributed by atoms with E-state index in [4.69, 9.17) is 4.52 Å². The van der Waals surface area contributed by atoms with E-state index in [2.05, 4.69) is 85.8 Å². The van der Waals surface area contributed by atoms with Gasteiger partial charge in [-0.05, 0) is 41.0 Å². The van der Waals surface area contributed by atoms with Gasteiger partial charge in [-0.25, -0.2) is 0 Å². The van der Waals surface area contributed by atoms with Crippen LogP contribution in [0.5, 0.6) is 5.75 Å². The monoisotopic (exact) mass is 340 g/mol. The lowest BCUT2D eigenvalue weighted by Crippen LogP contribution is -2.22. The standard InChI is InChI=1S/C23H17OP/c1-16-14-15-23(19-10-3-2-8-17(16)19)25-22-13-7-5-11-20(22)18-9-4-6-12-21(18)24-25/h2-15H,1H3. The van der Waals surface area contributed by atoms with Crippen molar-refractivity contribution >= 4 is 29.5 Å². The lowest BCUT2D eigenvalue weighted by Gasteiger charge is -2.29. The average Bonchev–Trinajstić information content (AvgIpc) is 2.68. The molecule has 1 heterocycles. The van der Waals surface area contributed by atoms with Gasteiger partial charge >= 0.3 is 0 Å². The highest BCUT2D eigenvalue weighted by atomic mass is 31.1. The minimum absolute atomic E-state index is 0.881. The highest BCUT2D eigenvalue weighted by Crippen LogP contribution is 2.48. The van der Waals surface area contributed by atoms with Crippen LogP contribution in [-0.2, 0) is 0 Å². The van der Waals surface area contributed by atoms with Crippen LogP contribution in [0.25, 0.3) is 21.9 Å². The Bertz CT molecular complexity index is 1100. The zero-order valence-corrected chi connectivity index (χ0v) is 14.8. The summed E-state index contributed by atoms with van der Waals surface area (Å²) in [5.41, 5.74) is 3.79. The van der Waals surface area contributed by atoms with Gasteiger partial charge in [0.15, 0.2) is 8.15 Å². The molecule has 1 nitrogen and oxygen atoms in total. The Labute approximate surface area is 148 Å². The van der Waals surface area contributed by atoms with Crippen LogP contribution >= 0.6 is 8.15 Å². The first kappa shape index (κ1) is 14.7. The molecule has 1 unspecified atom stereocenters. The number of hydrogen-bond donors (Lipinski definition) is 0. The first-order valence-electron chi connectivity index (χ1n) is 8.48. The molecule has 1 aliphatic rings. The predicted molar refractivity (Wildman–Crippen MR) is 107 cm³/mol. The van der Waals surface area contributed by atoms with Crippen LogP contribution in [0.1, 0.15) is 5.56 Å². The Balaban J connectivity index is 1.78. The van der Waals surface area contributed by atoms with E-state index < -0.39 is 8.15 Å². The molecule has 1 aliphatic heterocycles. The molecule has 0 bridgehead atoms. The molecule has 0 radical (unpaired) electrons. The molecule has 0 aliphatic carbocycles. The van der Waals surface area contributed by atoms with Gasteiger partial charge in [-0.3, -0.25) is 0 Å². The van der Waals surface area contributed by atoms with Gasteiger partial charge in [0.25, 0.3) is 0 Å². The van der Waals surface area contributed by atoms with E-state index >= 15 is 0 Å². The van der Waals surface area contributed by atoms with E-state index in [-0.39, 0.29) is 0 Å². The smallest absolute Gasteiger partial charge is 0.152 e. The molecule has 0 fully saturated rings. The Hall–Kier alpha value is -2.63. The van der Waals surface area contributed by atoms with Gasteiger partial charge in [0.05, 0.1) is 0 Å². The SMILES string of the molecule is Cc1ccc(P2Oc3ccccc3-c3ccccc32)c2ccccc12. The van der Waals surface area contributed by atoms with E-state index in [1.54, 1.807) is 0 Å². The second-order valence-corrected chi connectivity index (χ2v) is 8.08. The van der Waals surface area contributed by atoms with Crippen LogP contribution in [0.2, 0.25) is 0 Å². The van der Waals surface area contributed by atoms with Crippen molar-refractivity contribution in [1.82, 2.24) is 0 Å². The summed E-state index contributed by atoms with van der Waals surface area (Å²) in [6.07, 6.45) is 0. The van der Waals surface area contributed by atoms with Crippen molar-refractivity contribution in [1.29, 1.82) is 0 Å². The summed E-state index contributed by atoms with van der Waals surface area (Å²) in [6, 6.07) is 30.1. The zero-order valence-electron chi connectivity index (χ0n) is 13.9. The van der Waals surface area contributed by atoms with E-state index in [1.807, 2.05) is 6.07 Å². The fraction of sp³-hybridized carbons (Fsp3) is 0.0435. The van der Waals surface area contributed by atoms with Crippen LogP contribution in [0.15, 0.2) is 84.9 Å². The molecule has 4 aromatic rings. The van der Waals surface area contributed by atoms with Crippen LogP contribution in [0.4, 0.5) is 0 Å². The Morgan fingerprint density at radius 1 is 0.600 bits per heavy atom. The van der Waals surface area contributed by atoms with Crippen LogP contribution in [0.3, 0.4) is 0 Å². The van der Waals surface area contributed by atoms with Crippen molar-refractivity contribution in [3.8, 4) is 16.9 Å². The largest absolute Gasteiger partial charge is 0.464 e. The van der Waals surface area contributed by atoms with Gasteiger partial charge in [-0.2, -0.15) is 0 Å². The van der Waals surface area contributed by atoms with Crippen molar-refractivity contribution in [3.05, 3.63) is 90.5 Å². The molecule has 0 saturated carbocycles. The average molecular weight is 340 g/mol. The second-order valence-electron chi connectivity index (χ2n) is 6.35. The van der Waals surface area contributed by atoms with Crippen molar-refractivity contribution in [2.24, 2.45) is 0 Å². The quantitative estimate of drug-likeness (QED) is 0.413. The van der Waals surface area contributed by atoms with Crippen LogP contribution in [0, 0.1) is 6.92 Å². The molecule has 5 rings (SSSR count). The molecule has 1 atom stereocenters. The van der Waals surface area contributed by atoms with Gasteiger partial charge < -0.3 is 4.52 Å². The van der Waals surface area contributed by atoms with E-state index in [0.717, 1.165) is 5.75 Å². The molecule has 120 valence electrons. The predicted octanol–water partition coefficient (Wildman–Crippen LogP) is 5.56. The molecule has 25 heavy (non-hydrogen) atoms. The summed E-state index contributed by atoms with van der Waals surface area (Å²) in [5.74, 6) is 0.983. The van der Waals surface area contributed by atoms with Crippen molar-refractivity contribution in [2.45, 2.75) is 6.92 Å². The van der Waals surface area contributed by atoms with Crippen molar-refractivity contribution in [3.63, 3.8) is 0 Å². The third kappa shape index (κ3) is 2.27. The summed E-state index contributed by atoms with van der Waals surface area (Å²) in [5, 5.41) is 5.19. The van der Waals surface area contributed by atoms with Crippen molar-refractivity contribution in [2.75, 3.05) is 0 Å². The highest BCUT2D eigenvalue weighted by molar-refractivity contribution is 7.69. The molecule has 0 aromatic heterocycles. The molecule has 4 aromatic carbocycles. The number of benzene rings is 4. The number of hydrogen-bond acceptors (Lipinski definition) is 1. The summed E-state index contributed by atoms with van der Waals surface area (Å²) in [7, 11) is -0.881. The zero-order chi connectivity index (χ0) is 16.8. The fourth-order valence-corrected chi connectivity index (χ4v) is 5.66. The van der Waals surface area contributed by atoms with Gasteiger partial charge in [-0.1, -0.05) is 72.8 Å². The molecule has 2 heteroatoms.